The quantitative estimate of drug-likeness (QED) is 0.878. The molecule has 3 fully saturated rings. The maximum atomic E-state index is 13.1. The van der Waals surface area contributed by atoms with Gasteiger partial charge in [0.05, 0.1) is 17.4 Å². The van der Waals surface area contributed by atoms with Gasteiger partial charge in [0.2, 0.25) is 5.91 Å². The van der Waals surface area contributed by atoms with Crippen molar-refractivity contribution in [1.82, 2.24) is 10.2 Å². The third kappa shape index (κ3) is 3.13. The van der Waals surface area contributed by atoms with Crippen LogP contribution in [0.15, 0.2) is 16.8 Å². The van der Waals surface area contributed by atoms with Crippen LogP contribution in [0, 0.1) is 11.3 Å². The SMILES string of the molecule is O=C([C@H]1CCS(=O)(=O)C1)N(Cc1ccsc1)[C@H]1CC12CCNCC2. The Morgan fingerprint density at radius 1 is 1.38 bits per heavy atom. The van der Waals surface area contributed by atoms with E-state index in [2.05, 4.69) is 16.8 Å². The zero-order valence-electron chi connectivity index (χ0n) is 13.7. The van der Waals surface area contributed by atoms with Gasteiger partial charge in [0.1, 0.15) is 0 Å². The molecule has 132 valence electrons. The van der Waals surface area contributed by atoms with Gasteiger partial charge in [-0.25, -0.2) is 8.42 Å². The highest BCUT2D eigenvalue weighted by atomic mass is 32.2. The van der Waals surface area contributed by atoms with Gasteiger partial charge in [-0.1, -0.05) is 0 Å². The van der Waals surface area contributed by atoms with Crippen molar-refractivity contribution < 1.29 is 13.2 Å². The molecule has 7 heteroatoms. The maximum Gasteiger partial charge on any atom is 0.227 e. The third-order valence-corrected chi connectivity index (χ3v) is 8.42. The zero-order chi connectivity index (χ0) is 16.8. The highest BCUT2D eigenvalue weighted by Gasteiger charge is 2.58. The van der Waals surface area contributed by atoms with Crippen LogP contribution >= 0.6 is 11.3 Å². The third-order valence-electron chi connectivity index (χ3n) is 5.92. The fourth-order valence-electron chi connectivity index (χ4n) is 4.37. The fourth-order valence-corrected chi connectivity index (χ4v) is 6.77. The second-order valence-corrected chi connectivity index (χ2v) is 10.5. The number of sulfone groups is 1. The highest BCUT2D eigenvalue weighted by molar-refractivity contribution is 7.91. The lowest BCUT2D eigenvalue weighted by Crippen LogP contribution is -2.42. The van der Waals surface area contributed by atoms with E-state index in [1.807, 2.05) is 10.3 Å². The highest BCUT2D eigenvalue weighted by Crippen LogP contribution is 2.56. The van der Waals surface area contributed by atoms with Crippen molar-refractivity contribution in [2.24, 2.45) is 11.3 Å². The molecule has 1 N–H and O–H groups in total. The van der Waals surface area contributed by atoms with Gasteiger partial charge in [0.15, 0.2) is 9.84 Å². The van der Waals surface area contributed by atoms with Crippen LogP contribution in [-0.4, -0.2) is 49.9 Å². The molecule has 1 saturated carbocycles. The molecule has 1 spiro atoms. The standard InChI is InChI=1S/C17H24N2O3S2/c20-16(14-2-8-24(21,22)12-14)19(10-13-1-7-23-11-13)15-9-17(15)3-5-18-6-4-17/h1,7,11,14-15,18H,2-6,8-10,12H2/t14-,15-/m0/s1. The Morgan fingerprint density at radius 2 is 2.17 bits per heavy atom. The Labute approximate surface area is 147 Å². The van der Waals surface area contributed by atoms with Crippen LogP contribution in [0.1, 0.15) is 31.2 Å². The Balaban J connectivity index is 1.53. The summed E-state index contributed by atoms with van der Waals surface area (Å²) in [6, 6.07) is 2.35. The smallest absolute Gasteiger partial charge is 0.227 e. The summed E-state index contributed by atoms with van der Waals surface area (Å²) in [6.45, 7) is 2.67. The van der Waals surface area contributed by atoms with Crippen LogP contribution in [0.25, 0.3) is 0 Å². The molecule has 0 aromatic carbocycles. The Morgan fingerprint density at radius 3 is 2.79 bits per heavy atom. The molecule has 1 aromatic rings. The summed E-state index contributed by atoms with van der Waals surface area (Å²) in [5.41, 5.74) is 1.43. The second-order valence-electron chi connectivity index (χ2n) is 7.53. The molecule has 2 saturated heterocycles. The van der Waals surface area contributed by atoms with Gasteiger partial charge in [-0.2, -0.15) is 11.3 Å². The number of hydrogen-bond acceptors (Lipinski definition) is 5. The number of carbonyl (C=O) groups is 1. The summed E-state index contributed by atoms with van der Waals surface area (Å²) in [5.74, 6) is -0.0847. The first kappa shape index (κ1) is 16.5. The first-order valence-electron chi connectivity index (χ1n) is 8.72. The Hall–Kier alpha value is -0.920. The molecule has 24 heavy (non-hydrogen) atoms. The number of nitrogens with one attached hydrogen (secondary N) is 1. The average molecular weight is 369 g/mol. The summed E-state index contributed by atoms with van der Waals surface area (Å²) >= 11 is 1.64. The molecule has 1 aromatic heterocycles. The van der Waals surface area contributed by atoms with Gasteiger partial charge in [-0.05, 0) is 66.6 Å². The van der Waals surface area contributed by atoms with Gasteiger partial charge in [0, 0.05) is 12.6 Å². The maximum absolute atomic E-state index is 13.1. The van der Waals surface area contributed by atoms with E-state index in [-0.39, 0.29) is 34.8 Å². The number of piperidine rings is 1. The second kappa shape index (κ2) is 6.11. The summed E-state index contributed by atoms with van der Waals surface area (Å²) in [5, 5.41) is 7.52. The minimum Gasteiger partial charge on any atom is -0.335 e. The molecule has 2 atom stereocenters. The minimum atomic E-state index is -3.03. The van der Waals surface area contributed by atoms with Crippen LogP contribution in [0.3, 0.4) is 0 Å². The molecule has 2 aliphatic heterocycles. The number of amides is 1. The van der Waals surface area contributed by atoms with Gasteiger partial charge in [-0.15, -0.1) is 0 Å². The molecule has 0 unspecified atom stereocenters. The number of hydrogen-bond donors (Lipinski definition) is 1. The number of rotatable bonds is 4. The van der Waals surface area contributed by atoms with E-state index in [0.29, 0.717) is 13.0 Å². The predicted octanol–water partition coefficient (Wildman–Crippen LogP) is 1.65. The van der Waals surface area contributed by atoms with Crippen molar-refractivity contribution in [3.63, 3.8) is 0 Å². The first-order valence-corrected chi connectivity index (χ1v) is 11.5. The van der Waals surface area contributed by atoms with Crippen molar-refractivity contribution in [3.8, 4) is 0 Å². The summed E-state index contributed by atoms with van der Waals surface area (Å²) in [6.07, 6.45) is 3.80. The first-order chi connectivity index (χ1) is 11.5. The van der Waals surface area contributed by atoms with Gasteiger partial charge < -0.3 is 10.2 Å². The van der Waals surface area contributed by atoms with Gasteiger partial charge >= 0.3 is 0 Å². The molecule has 1 aliphatic carbocycles. The largest absolute Gasteiger partial charge is 0.335 e. The van der Waals surface area contributed by atoms with Crippen LogP contribution in [0.4, 0.5) is 0 Å². The Kier molecular flexibility index (Phi) is 4.21. The van der Waals surface area contributed by atoms with Crippen molar-refractivity contribution in [1.29, 1.82) is 0 Å². The number of thiophene rings is 1. The molecular formula is C17H24N2O3S2. The molecule has 0 bridgehead atoms. The topological polar surface area (TPSA) is 66.5 Å². The van der Waals surface area contributed by atoms with Crippen LogP contribution in [-0.2, 0) is 21.2 Å². The Bertz CT molecular complexity index is 708. The monoisotopic (exact) mass is 368 g/mol. The van der Waals surface area contributed by atoms with Gasteiger partial charge in [0.25, 0.3) is 0 Å². The normalized spacial score (nSPS) is 30.3. The van der Waals surface area contributed by atoms with E-state index in [1.54, 1.807) is 11.3 Å². The van der Waals surface area contributed by atoms with Crippen molar-refractivity contribution in [2.45, 2.75) is 38.3 Å². The van der Waals surface area contributed by atoms with Crippen LogP contribution < -0.4 is 5.32 Å². The minimum absolute atomic E-state index is 0.0350. The lowest BCUT2D eigenvalue weighted by Gasteiger charge is -2.31. The molecule has 3 heterocycles. The number of carbonyl (C=O) groups excluding carboxylic acids is 1. The number of nitrogens with zero attached hydrogens (tertiary/aromatic N) is 1. The fraction of sp³-hybridized carbons (Fsp3) is 0.706. The van der Waals surface area contributed by atoms with E-state index >= 15 is 0 Å². The van der Waals surface area contributed by atoms with Crippen molar-refractivity contribution >= 4 is 27.1 Å². The van der Waals surface area contributed by atoms with Gasteiger partial charge in [-0.3, -0.25) is 4.79 Å². The summed E-state index contributed by atoms with van der Waals surface area (Å²) in [4.78, 5) is 15.1. The summed E-state index contributed by atoms with van der Waals surface area (Å²) < 4.78 is 23.6. The average Bonchev–Trinajstić information content (AvgIpc) is 2.94. The van der Waals surface area contributed by atoms with E-state index in [4.69, 9.17) is 0 Å². The lowest BCUT2D eigenvalue weighted by molar-refractivity contribution is -0.136. The van der Waals surface area contributed by atoms with E-state index < -0.39 is 9.84 Å². The molecule has 0 radical (unpaired) electrons. The van der Waals surface area contributed by atoms with E-state index in [9.17, 15) is 13.2 Å². The molecule has 3 aliphatic rings. The van der Waals surface area contributed by atoms with Crippen LogP contribution in [0.2, 0.25) is 0 Å². The molecule has 1 amide bonds. The van der Waals surface area contributed by atoms with E-state index in [0.717, 1.165) is 37.9 Å². The lowest BCUT2D eigenvalue weighted by atomic mass is 9.93. The summed E-state index contributed by atoms with van der Waals surface area (Å²) in [7, 11) is -3.03. The van der Waals surface area contributed by atoms with Crippen molar-refractivity contribution in [3.05, 3.63) is 22.4 Å². The van der Waals surface area contributed by atoms with E-state index in [1.165, 1.54) is 0 Å². The molecule has 5 nitrogen and oxygen atoms in total. The molecule has 4 rings (SSSR count). The zero-order valence-corrected chi connectivity index (χ0v) is 15.4. The van der Waals surface area contributed by atoms with Crippen molar-refractivity contribution in [2.75, 3.05) is 24.6 Å². The molecular weight excluding hydrogens is 344 g/mol. The predicted molar refractivity (Wildman–Crippen MR) is 94.6 cm³/mol. The van der Waals surface area contributed by atoms with Crippen LogP contribution in [0.5, 0.6) is 0 Å².